The zero-order valence-electron chi connectivity index (χ0n) is 21.4. The van der Waals surface area contributed by atoms with E-state index in [0.29, 0.717) is 0 Å². The maximum atomic E-state index is 10.1. The normalized spacial score (nSPS) is 12.2. The van der Waals surface area contributed by atoms with Crippen LogP contribution < -0.4 is 26.2 Å². The summed E-state index contributed by atoms with van der Waals surface area (Å²) < 4.78 is 0. The zero-order chi connectivity index (χ0) is 26.2. The molecule has 3 aromatic carbocycles. The molecule has 39 heavy (non-hydrogen) atoms. The molecule has 0 unspecified atom stereocenters. The van der Waals surface area contributed by atoms with E-state index in [-0.39, 0.29) is 32.5 Å². The number of rotatable bonds is 2. The van der Waals surface area contributed by atoms with Gasteiger partial charge in [-0.25, -0.2) is 9.78 Å². The van der Waals surface area contributed by atoms with Gasteiger partial charge in [0, 0.05) is 58.0 Å². The first kappa shape index (κ1) is 26.4. The van der Waals surface area contributed by atoms with E-state index < -0.39 is 5.97 Å². The van der Waals surface area contributed by atoms with Gasteiger partial charge in [0.15, 0.2) is 6.71 Å². The first-order valence-electron chi connectivity index (χ1n) is 12.4. The van der Waals surface area contributed by atoms with E-state index in [0.717, 1.165) is 16.9 Å². The molecule has 2 aromatic heterocycles. The second-order valence-corrected chi connectivity index (χ2v) is 9.23. The number of anilines is 4. The van der Waals surface area contributed by atoms with Crippen LogP contribution in [0.25, 0.3) is 11.3 Å². The maximum absolute atomic E-state index is 10.1. The number of carboxylic acid groups (broad SMARTS) is 1. The molecule has 2 aliphatic heterocycles. The number of pyridine rings is 2. The molecule has 8 heteroatoms. The molecule has 0 spiro atoms. The summed E-state index contributed by atoms with van der Waals surface area (Å²) in [7, 11) is 4.30. The van der Waals surface area contributed by atoms with Gasteiger partial charge in [0.1, 0.15) is 5.69 Å². The molecule has 0 bridgehead atoms. The summed E-state index contributed by atoms with van der Waals surface area (Å²) in [6, 6.07) is 34.2. The minimum Gasteiger partial charge on any atom is -0.477 e. The molecule has 0 fully saturated rings. The minimum atomic E-state index is -0.990. The summed E-state index contributed by atoms with van der Waals surface area (Å²) in [6.45, 7) is 0.217. The first-order chi connectivity index (χ1) is 18.5. The summed E-state index contributed by atoms with van der Waals surface area (Å²) in [4.78, 5) is 22.9. The van der Waals surface area contributed by atoms with Crippen molar-refractivity contribution in [2.75, 3.05) is 23.9 Å². The quantitative estimate of drug-likeness (QED) is 0.224. The van der Waals surface area contributed by atoms with Crippen LogP contribution in [0.15, 0.2) is 103 Å². The molecule has 0 aliphatic carbocycles. The largest absolute Gasteiger partial charge is 0.477 e. The van der Waals surface area contributed by atoms with E-state index in [1.807, 2.05) is 18.3 Å². The molecule has 6 nitrogen and oxygen atoms in total. The molecule has 0 saturated carbocycles. The Morgan fingerprint density at radius 3 is 1.92 bits per heavy atom. The van der Waals surface area contributed by atoms with E-state index >= 15 is 0 Å². The van der Waals surface area contributed by atoms with E-state index in [9.17, 15) is 4.79 Å². The van der Waals surface area contributed by atoms with Crippen molar-refractivity contribution in [3.8, 4) is 11.3 Å². The molecule has 0 atom stereocenters. The van der Waals surface area contributed by atoms with Crippen LogP contribution in [0.3, 0.4) is 0 Å². The summed E-state index contributed by atoms with van der Waals surface area (Å²) >= 11 is 0. The van der Waals surface area contributed by atoms with Crippen molar-refractivity contribution in [2.24, 2.45) is 0 Å². The Hall–Kier alpha value is -4.26. The monoisotopic (exact) mass is 688 g/mol. The van der Waals surface area contributed by atoms with Gasteiger partial charge in [-0.2, -0.15) is 0 Å². The Kier molecular flexibility index (Phi) is 7.33. The molecule has 0 saturated heterocycles. The van der Waals surface area contributed by atoms with Gasteiger partial charge in [-0.3, -0.25) is 0 Å². The Labute approximate surface area is 241 Å². The first-order valence-corrected chi connectivity index (χ1v) is 12.4. The van der Waals surface area contributed by atoms with Gasteiger partial charge < -0.3 is 19.9 Å². The molecule has 193 valence electrons. The van der Waals surface area contributed by atoms with Crippen molar-refractivity contribution >= 4 is 51.8 Å². The maximum Gasteiger partial charge on any atom is 0.354 e. The van der Waals surface area contributed by atoms with Crippen molar-refractivity contribution in [3.05, 3.63) is 115 Å². The Morgan fingerprint density at radius 2 is 1.36 bits per heavy atom. The topological polar surface area (TPSA) is 69.6 Å². The molecule has 4 heterocycles. The number of aromatic nitrogens is 2. The Balaban J connectivity index is 0.000000265. The average molecular weight is 688 g/mol. The molecule has 1 radical (unpaired) electrons. The Bertz CT molecular complexity index is 1580. The molecule has 1 N–H and O–H groups in total. The third kappa shape index (κ3) is 4.63. The van der Waals surface area contributed by atoms with E-state index in [1.54, 1.807) is 12.1 Å². The van der Waals surface area contributed by atoms with Gasteiger partial charge in [0.25, 0.3) is 0 Å². The van der Waals surface area contributed by atoms with Crippen LogP contribution in [0.2, 0.25) is 0 Å². The predicted octanol–water partition coefficient (Wildman–Crippen LogP) is 4.00. The van der Waals surface area contributed by atoms with Crippen LogP contribution in [0.1, 0.15) is 10.5 Å². The standard InChI is InChI=1S/C25H19BN3.C6H5NO2.Ir/c1-28-21-12-5-3-9-18(21)26-19-10-4-6-13-22(19)29(2)24-16-17(15-23(28)25(24)26)20-11-7-8-14-27-20;8-6(9)5-3-1-2-4-7-5;/h3-15H,1-2H3;1-4H,(H,8,9);/q-1;;. The zero-order valence-corrected chi connectivity index (χ0v) is 23.8. The van der Waals surface area contributed by atoms with Crippen LogP contribution in [0, 0.1) is 6.07 Å². The molecular formula is C31H24BIrN4O2-. The minimum absolute atomic E-state index is 0. The van der Waals surface area contributed by atoms with Crippen molar-refractivity contribution < 1.29 is 30.0 Å². The van der Waals surface area contributed by atoms with Gasteiger partial charge in [-0.05, 0) is 47.4 Å². The number of hydrogen-bond donors (Lipinski definition) is 1. The third-order valence-electron chi connectivity index (χ3n) is 7.09. The number of para-hydroxylation sites is 2. The number of hydrogen-bond acceptors (Lipinski definition) is 5. The summed E-state index contributed by atoms with van der Waals surface area (Å²) in [5, 5.41) is 8.32. The van der Waals surface area contributed by atoms with Crippen LogP contribution in [0.5, 0.6) is 0 Å². The van der Waals surface area contributed by atoms with Crippen LogP contribution in [-0.4, -0.2) is 41.9 Å². The van der Waals surface area contributed by atoms with Gasteiger partial charge in [0.05, 0.1) is 0 Å². The van der Waals surface area contributed by atoms with Crippen molar-refractivity contribution in [2.45, 2.75) is 0 Å². The Morgan fingerprint density at radius 1 is 0.769 bits per heavy atom. The summed E-state index contributed by atoms with van der Waals surface area (Å²) in [5.74, 6) is -0.990. The number of carboxylic acids is 1. The smallest absolute Gasteiger partial charge is 0.354 e. The summed E-state index contributed by atoms with van der Waals surface area (Å²) in [6.07, 6.45) is 3.29. The number of fused-ring (bicyclic) bond motifs is 4. The predicted molar refractivity (Wildman–Crippen MR) is 153 cm³/mol. The molecule has 5 aromatic rings. The van der Waals surface area contributed by atoms with Crippen LogP contribution in [0.4, 0.5) is 22.7 Å². The second kappa shape index (κ2) is 10.9. The fourth-order valence-electron chi connectivity index (χ4n) is 5.35. The summed E-state index contributed by atoms with van der Waals surface area (Å²) in [5.41, 5.74) is 10.9. The van der Waals surface area contributed by atoms with Crippen molar-refractivity contribution in [1.29, 1.82) is 0 Å². The van der Waals surface area contributed by atoms with Gasteiger partial charge in [0.2, 0.25) is 0 Å². The van der Waals surface area contributed by atoms with E-state index in [2.05, 4.69) is 101 Å². The number of aromatic carboxylic acids is 1. The molecule has 0 amide bonds. The molecular weight excluding hydrogens is 663 g/mol. The fourth-order valence-corrected chi connectivity index (χ4v) is 5.35. The number of nitrogens with zero attached hydrogens (tertiary/aromatic N) is 4. The number of carbonyl (C=O) groups is 1. The molecule has 7 rings (SSSR count). The average Bonchev–Trinajstić information content (AvgIpc) is 2.98. The van der Waals surface area contributed by atoms with Crippen LogP contribution in [-0.2, 0) is 20.1 Å². The third-order valence-corrected chi connectivity index (χ3v) is 7.09. The fraction of sp³-hybridized carbons (Fsp3) is 0.0645. The SMILES string of the molecule is CN1c2[c-]c(-c3ccccn3)cc3c2B(c2ccccc21)c1ccccc1N3C.O=C(O)c1ccccn1.[Ir]. The van der Waals surface area contributed by atoms with E-state index in [4.69, 9.17) is 5.11 Å². The van der Waals surface area contributed by atoms with E-state index in [1.165, 1.54) is 45.7 Å². The number of benzene rings is 3. The van der Waals surface area contributed by atoms with Crippen molar-refractivity contribution in [1.82, 2.24) is 9.97 Å². The van der Waals surface area contributed by atoms with Crippen LogP contribution >= 0.6 is 0 Å². The van der Waals surface area contributed by atoms with Gasteiger partial charge >= 0.3 is 5.97 Å². The second-order valence-electron chi connectivity index (χ2n) is 9.23. The van der Waals surface area contributed by atoms with Crippen molar-refractivity contribution in [3.63, 3.8) is 0 Å². The molecule has 2 aliphatic rings. The van der Waals surface area contributed by atoms with Gasteiger partial charge in [-0.1, -0.05) is 71.0 Å². The van der Waals surface area contributed by atoms with Gasteiger partial charge in [-0.15, -0.1) is 17.7 Å².